The van der Waals surface area contributed by atoms with Crippen molar-refractivity contribution in [2.24, 2.45) is 5.92 Å². The molecule has 1 fully saturated rings. The predicted octanol–water partition coefficient (Wildman–Crippen LogP) is 6.48. The summed E-state index contributed by atoms with van der Waals surface area (Å²) in [6.45, 7) is 1.83. The quantitative estimate of drug-likeness (QED) is 0.462. The van der Waals surface area contributed by atoms with Crippen LogP contribution in [0.4, 0.5) is 10.1 Å². The van der Waals surface area contributed by atoms with Crippen LogP contribution in [0.1, 0.15) is 18.4 Å². The zero-order valence-electron chi connectivity index (χ0n) is 17.1. The Morgan fingerprint density at radius 3 is 2.65 bits per heavy atom. The number of rotatable bonds is 6. The van der Waals surface area contributed by atoms with Crippen LogP contribution in [0.2, 0.25) is 5.02 Å². The third-order valence-corrected chi connectivity index (χ3v) is 6.87. The van der Waals surface area contributed by atoms with Gasteiger partial charge in [0.1, 0.15) is 5.82 Å². The standard InChI is InChI=1S/C25H24ClFN2OS/c26-21-11-6-12-22(27)20(21)17-29-15-7-8-18(16-29)25(30)28-23-13-4-5-14-24(23)31-19-9-2-1-3-10-19/h1-6,9-14,18H,7-8,15-17H2,(H,28,30). The lowest BCUT2D eigenvalue weighted by molar-refractivity contribution is -0.121. The molecule has 31 heavy (non-hydrogen) atoms. The van der Waals surface area contributed by atoms with Gasteiger partial charge in [-0.05, 0) is 55.8 Å². The number of carbonyl (C=O) groups excluding carboxylic acids is 1. The summed E-state index contributed by atoms with van der Waals surface area (Å²) in [7, 11) is 0. The average Bonchev–Trinajstić information content (AvgIpc) is 2.79. The highest BCUT2D eigenvalue weighted by atomic mass is 35.5. The summed E-state index contributed by atoms with van der Waals surface area (Å²) < 4.78 is 14.2. The first-order valence-electron chi connectivity index (χ1n) is 10.4. The number of benzene rings is 3. The average molecular weight is 455 g/mol. The van der Waals surface area contributed by atoms with Crippen molar-refractivity contribution in [3.05, 3.63) is 89.2 Å². The molecule has 0 radical (unpaired) electrons. The van der Waals surface area contributed by atoms with Crippen molar-refractivity contribution in [2.45, 2.75) is 29.2 Å². The highest BCUT2D eigenvalue weighted by molar-refractivity contribution is 7.99. The number of anilines is 1. The van der Waals surface area contributed by atoms with Crippen molar-refractivity contribution >= 4 is 35.0 Å². The predicted molar refractivity (Wildman–Crippen MR) is 125 cm³/mol. The molecule has 0 spiro atoms. The highest BCUT2D eigenvalue weighted by Gasteiger charge is 2.27. The van der Waals surface area contributed by atoms with Crippen LogP contribution in [-0.2, 0) is 11.3 Å². The first-order valence-corrected chi connectivity index (χ1v) is 11.6. The zero-order chi connectivity index (χ0) is 21.6. The van der Waals surface area contributed by atoms with Crippen LogP contribution in [0, 0.1) is 11.7 Å². The molecule has 160 valence electrons. The van der Waals surface area contributed by atoms with Crippen molar-refractivity contribution in [1.82, 2.24) is 4.90 Å². The number of piperidine rings is 1. The molecule has 0 aromatic heterocycles. The SMILES string of the molecule is O=C(Nc1ccccc1Sc1ccccc1)C1CCCN(Cc2c(F)cccc2Cl)C1. The van der Waals surface area contributed by atoms with E-state index in [0.717, 1.165) is 34.9 Å². The van der Waals surface area contributed by atoms with Crippen molar-refractivity contribution in [3.8, 4) is 0 Å². The van der Waals surface area contributed by atoms with Gasteiger partial charge in [0.15, 0.2) is 0 Å². The van der Waals surface area contributed by atoms with Gasteiger partial charge in [0, 0.05) is 33.5 Å². The summed E-state index contributed by atoms with van der Waals surface area (Å²) in [4.78, 5) is 17.3. The van der Waals surface area contributed by atoms with Crippen molar-refractivity contribution in [1.29, 1.82) is 0 Å². The topological polar surface area (TPSA) is 32.3 Å². The second kappa shape index (κ2) is 10.3. The van der Waals surface area contributed by atoms with E-state index < -0.39 is 0 Å². The lowest BCUT2D eigenvalue weighted by atomic mass is 9.96. The van der Waals surface area contributed by atoms with E-state index in [-0.39, 0.29) is 17.6 Å². The lowest BCUT2D eigenvalue weighted by Gasteiger charge is -2.32. The van der Waals surface area contributed by atoms with Gasteiger partial charge in [-0.15, -0.1) is 0 Å². The molecule has 1 saturated heterocycles. The van der Waals surface area contributed by atoms with E-state index >= 15 is 0 Å². The van der Waals surface area contributed by atoms with E-state index in [4.69, 9.17) is 11.6 Å². The minimum Gasteiger partial charge on any atom is -0.325 e. The van der Waals surface area contributed by atoms with Crippen LogP contribution in [-0.4, -0.2) is 23.9 Å². The normalized spacial score (nSPS) is 16.8. The number of amides is 1. The summed E-state index contributed by atoms with van der Waals surface area (Å²) in [5.74, 6) is -0.439. The van der Waals surface area contributed by atoms with Gasteiger partial charge in [-0.1, -0.05) is 59.8 Å². The number of carbonyl (C=O) groups is 1. The van der Waals surface area contributed by atoms with E-state index in [9.17, 15) is 9.18 Å². The Kier molecular flexibility index (Phi) is 7.28. The fourth-order valence-corrected chi connectivity index (χ4v) is 4.97. The van der Waals surface area contributed by atoms with Gasteiger partial charge in [-0.3, -0.25) is 9.69 Å². The molecule has 1 atom stereocenters. The number of halogens is 2. The van der Waals surface area contributed by atoms with E-state index in [1.807, 2.05) is 42.5 Å². The number of para-hydroxylation sites is 1. The van der Waals surface area contributed by atoms with Gasteiger partial charge in [0.2, 0.25) is 5.91 Å². The van der Waals surface area contributed by atoms with Gasteiger partial charge in [-0.2, -0.15) is 0 Å². The van der Waals surface area contributed by atoms with Crippen molar-refractivity contribution < 1.29 is 9.18 Å². The van der Waals surface area contributed by atoms with Crippen LogP contribution >= 0.6 is 23.4 Å². The number of nitrogens with one attached hydrogen (secondary N) is 1. The molecule has 3 nitrogen and oxygen atoms in total. The van der Waals surface area contributed by atoms with Crippen LogP contribution in [0.25, 0.3) is 0 Å². The minimum absolute atomic E-state index is 0.00504. The third-order valence-electron chi connectivity index (χ3n) is 5.44. The molecular formula is C25H24ClFN2OS. The maximum atomic E-state index is 14.2. The van der Waals surface area contributed by atoms with Crippen molar-refractivity contribution in [3.63, 3.8) is 0 Å². The molecule has 0 bridgehead atoms. The second-order valence-electron chi connectivity index (χ2n) is 7.68. The molecule has 1 aliphatic rings. The van der Waals surface area contributed by atoms with Crippen molar-refractivity contribution in [2.75, 3.05) is 18.4 Å². The molecule has 3 aromatic carbocycles. The molecule has 0 aliphatic carbocycles. The molecule has 4 rings (SSSR count). The summed E-state index contributed by atoms with van der Waals surface area (Å²) in [5, 5.41) is 3.55. The molecule has 1 N–H and O–H groups in total. The van der Waals surface area contributed by atoms with Gasteiger partial charge < -0.3 is 5.32 Å². The van der Waals surface area contributed by atoms with Gasteiger partial charge in [-0.25, -0.2) is 4.39 Å². The molecule has 0 saturated carbocycles. The van der Waals surface area contributed by atoms with Gasteiger partial charge in [0.25, 0.3) is 0 Å². The van der Waals surface area contributed by atoms with E-state index in [0.29, 0.717) is 23.7 Å². The fourth-order valence-electron chi connectivity index (χ4n) is 3.83. The number of nitrogens with zero attached hydrogens (tertiary/aromatic N) is 1. The van der Waals surface area contributed by atoms with Crippen LogP contribution in [0.5, 0.6) is 0 Å². The lowest BCUT2D eigenvalue weighted by Crippen LogP contribution is -2.40. The molecule has 1 heterocycles. The second-order valence-corrected chi connectivity index (χ2v) is 9.20. The number of likely N-dealkylation sites (tertiary alicyclic amines) is 1. The highest BCUT2D eigenvalue weighted by Crippen LogP contribution is 2.34. The summed E-state index contributed by atoms with van der Waals surface area (Å²) in [6.07, 6.45) is 1.71. The molecule has 1 amide bonds. The summed E-state index contributed by atoms with van der Waals surface area (Å²) in [5.41, 5.74) is 1.31. The Morgan fingerprint density at radius 1 is 1.06 bits per heavy atom. The molecule has 3 aromatic rings. The van der Waals surface area contributed by atoms with E-state index in [1.54, 1.807) is 23.9 Å². The Hall–Kier alpha value is -2.34. The minimum atomic E-state index is -0.300. The summed E-state index contributed by atoms with van der Waals surface area (Å²) >= 11 is 7.82. The first-order chi connectivity index (χ1) is 15.1. The Morgan fingerprint density at radius 2 is 1.84 bits per heavy atom. The molecule has 1 unspecified atom stereocenters. The number of hydrogen-bond donors (Lipinski definition) is 1. The van der Waals surface area contributed by atoms with Crippen LogP contribution < -0.4 is 5.32 Å². The Bertz CT molecular complexity index is 1030. The number of hydrogen-bond acceptors (Lipinski definition) is 3. The monoisotopic (exact) mass is 454 g/mol. The van der Waals surface area contributed by atoms with E-state index in [1.165, 1.54) is 6.07 Å². The third kappa shape index (κ3) is 5.67. The largest absolute Gasteiger partial charge is 0.325 e. The molecule has 1 aliphatic heterocycles. The Balaban J connectivity index is 1.42. The summed E-state index contributed by atoms with van der Waals surface area (Å²) in [6, 6.07) is 22.7. The molecular weight excluding hydrogens is 431 g/mol. The van der Waals surface area contributed by atoms with Crippen LogP contribution in [0.15, 0.2) is 82.6 Å². The fraction of sp³-hybridized carbons (Fsp3) is 0.240. The Labute approximate surface area is 191 Å². The maximum Gasteiger partial charge on any atom is 0.228 e. The van der Waals surface area contributed by atoms with Crippen LogP contribution in [0.3, 0.4) is 0 Å². The van der Waals surface area contributed by atoms with Gasteiger partial charge >= 0.3 is 0 Å². The zero-order valence-corrected chi connectivity index (χ0v) is 18.6. The van der Waals surface area contributed by atoms with Gasteiger partial charge in [0.05, 0.1) is 11.6 Å². The van der Waals surface area contributed by atoms with E-state index in [2.05, 4.69) is 22.3 Å². The molecule has 6 heteroatoms. The first kappa shape index (κ1) is 21.9. The smallest absolute Gasteiger partial charge is 0.228 e. The maximum absolute atomic E-state index is 14.2.